The van der Waals surface area contributed by atoms with Crippen molar-refractivity contribution in [1.29, 1.82) is 0 Å². The zero-order valence-corrected chi connectivity index (χ0v) is 21.5. The monoisotopic (exact) mass is 550 g/mol. The Morgan fingerprint density at radius 1 is 0.846 bits per heavy atom. The zero-order valence-electron chi connectivity index (χ0n) is 20.7. The third kappa shape index (κ3) is 5.80. The number of benzene rings is 3. The highest BCUT2D eigenvalue weighted by atomic mass is 32.1. The number of aromatic nitrogens is 2. The molecule has 39 heavy (non-hydrogen) atoms. The third-order valence-corrected chi connectivity index (χ3v) is 7.00. The van der Waals surface area contributed by atoms with Gasteiger partial charge >= 0.3 is 11.9 Å². The van der Waals surface area contributed by atoms with E-state index in [1.807, 2.05) is 42.5 Å². The first-order chi connectivity index (χ1) is 18.7. The van der Waals surface area contributed by atoms with Crippen LogP contribution in [-0.2, 0) is 6.18 Å². The molecule has 198 valence electrons. The molecule has 0 saturated heterocycles. The summed E-state index contributed by atoms with van der Waals surface area (Å²) in [5.41, 5.74) is -0.668. The van der Waals surface area contributed by atoms with Crippen LogP contribution in [0.1, 0.15) is 17.0 Å². The molecule has 0 aliphatic heterocycles. The number of halogens is 3. The highest BCUT2D eigenvalue weighted by molar-refractivity contribution is 7.22. The molecular formula is C29H21F3N2O4S. The molecule has 0 aliphatic rings. The van der Waals surface area contributed by atoms with Crippen LogP contribution < -0.4 is 19.9 Å². The number of alkyl halides is 3. The second-order valence-corrected chi connectivity index (χ2v) is 9.43. The summed E-state index contributed by atoms with van der Waals surface area (Å²) in [7, 11) is 3.23. The first kappa shape index (κ1) is 26.1. The Labute approximate surface area is 224 Å². The Morgan fingerprint density at radius 3 is 2.18 bits per heavy atom. The lowest BCUT2D eigenvalue weighted by Crippen LogP contribution is -2.19. The molecule has 0 atom stereocenters. The van der Waals surface area contributed by atoms with Crippen LogP contribution in [0, 0.1) is 0 Å². The fourth-order valence-electron chi connectivity index (χ4n) is 3.88. The van der Waals surface area contributed by atoms with Gasteiger partial charge in [-0.2, -0.15) is 18.2 Å². The van der Waals surface area contributed by atoms with Gasteiger partial charge in [-0.3, -0.25) is 0 Å². The van der Waals surface area contributed by atoms with Gasteiger partial charge in [0.25, 0.3) is 0 Å². The van der Waals surface area contributed by atoms with E-state index < -0.39 is 17.6 Å². The van der Waals surface area contributed by atoms with Crippen molar-refractivity contribution in [3.05, 3.63) is 100 Å². The van der Waals surface area contributed by atoms with Crippen LogP contribution in [0.4, 0.5) is 13.2 Å². The number of ether oxygens (including phenoxy) is 3. The van der Waals surface area contributed by atoms with Crippen LogP contribution in [0.3, 0.4) is 0 Å². The highest BCUT2D eigenvalue weighted by Crippen LogP contribution is 2.47. The topological polar surface area (TPSA) is 73.4 Å². The van der Waals surface area contributed by atoms with E-state index >= 15 is 0 Å². The van der Waals surface area contributed by atoms with Crippen LogP contribution in [0.2, 0.25) is 0 Å². The summed E-state index contributed by atoms with van der Waals surface area (Å²) < 4.78 is 56.9. The molecule has 3 aromatic carbocycles. The molecule has 0 fully saturated rings. The molecule has 0 radical (unpaired) electrons. The molecule has 1 N–H and O–H groups in total. The van der Waals surface area contributed by atoms with Crippen LogP contribution in [-0.4, -0.2) is 24.2 Å². The van der Waals surface area contributed by atoms with Crippen molar-refractivity contribution in [2.24, 2.45) is 0 Å². The number of H-pyrrole nitrogens is 1. The second-order valence-electron chi connectivity index (χ2n) is 8.38. The van der Waals surface area contributed by atoms with Gasteiger partial charge in [-0.05, 0) is 77.9 Å². The Balaban J connectivity index is 1.44. The van der Waals surface area contributed by atoms with Crippen molar-refractivity contribution in [2.45, 2.75) is 6.18 Å². The van der Waals surface area contributed by atoms with Gasteiger partial charge in [-0.15, -0.1) is 11.3 Å². The average molecular weight is 551 g/mol. The number of aromatic amines is 1. The van der Waals surface area contributed by atoms with E-state index in [0.717, 1.165) is 38.1 Å². The number of thiophene rings is 1. The molecule has 0 spiro atoms. The van der Waals surface area contributed by atoms with E-state index in [1.165, 1.54) is 6.08 Å². The highest BCUT2D eigenvalue weighted by Gasteiger charge is 2.32. The van der Waals surface area contributed by atoms with Crippen LogP contribution in [0.5, 0.6) is 23.0 Å². The molecule has 2 aromatic heterocycles. The fraction of sp³-hybridized carbons (Fsp3) is 0.103. The summed E-state index contributed by atoms with van der Waals surface area (Å²) in [5, 5.41) is 0.927. The van der Waals surface area contributed by atoms with Crippen LogP contribution >= 0.6 is 11.3 Å². The van der Waals surface area contributed by atoms with E-state index in [-0.39, 0.29) is 5.69 Å². The van der Waals surface area contributed by atoms with Gasteiger partial charge in [0.2, 0.25) is 0 Å². The lowest BCUT2D eigenvalue weighted by molar-refractivity contribution is -0.141. The lowest BCUT2D eigenvalue weighted by atomic mass is 10.1. The van der Waals surface area contributed by atoms with Crippen molar-refractivity contribution in [1.82, 2.24) is 9.97 Å². The number of fused-ring (bicyclic) bond motifs is 1. The minimum atomic E-state index is -4.68. The molecule has 0 amide bonds. The number of rotatable bonds is 7. The normalized spacial score (nSPS) is 11.7. The van der Waals surface area contributed by atoms with E-state index in [2.05, 4.69) is 4.98 Å². The second kappa shape index (κ2) is 10.7. The van der Waals surface area contributed by atoms with Crippen LogP contribution in [0.25, 0.3) is 32.7 Å². The van der Waals surface area contributed by atoms with Gasteiger partial charge in [-0.1, -0.05) is 18.2 Å². The van der Waals surface area contributed by atoms with E-state index in [9.17, 15) is 18.0 Å². The summed E-state index contributed by atoms with van der Waals surface area (Å²) in [6.07, 6.45) is -1.76. The quantitative estimate of drug-likeness (QED) is 0.225. The number of nitrogens with one attached hydrogen (secondary N) is 1. The molecule has 6 nitrogen and oxygen atoms in total. The zero-order chi connectivity index (χ0) is 27.6. The molecule has 5 aromatic rings. The minimum Gasteiger partial charge on any atom is -0.497 e. The molecule has 0 saturated carbocycles. The Morgan fingerprint density at radius 2 is 1.51 bits per heavy atom. The van der Waals surface area contributed by atoms with Gasteiger partial charge in [0.1, 0.15) is 22.9 Å². The number of hydrogen-bond acceptors (Lipinski definition) is 6. The molecule has 5 rings (SSSR count). The van der Waals surface area contributed by atoms with Gasteiger partial charge < -0.3 is 19.2 Å². The van der Waals surface area contributed by atoms with E-state index in [1.54, 1.807) is 60.9 Å². The van der Waals surface area contributed by atoms with Gasteiger partial charge in [0.15, 0.2) is 5.75 Å². The fourth-order valence-corrected chi connectivity index (χ4v) is 5.04. The molecule has 0 aliphatic carbocycles. The van der Waals surface area contributed by atoms with Gasteiger partial charge in [-0.25, -0.2) is 4.79 Å². The largest absolute Gasteiger partial charge is 0.497 e. The smallest absolute Gasteiger partial charge is 0.431 e. The van der Waals surface area contributed by atoms with Crippen molar-refractivity contribution < 1.29 is 27.4 Å². The maximum Gasteiger partial charge on any atom is 0.431 e. The minimum absolute atomic E-state index is 0.101. The van der Waals surface area contributed by atoms with Crippen molar-refractivity contribution in [3.8, 4) is 33.4 Å². The SMILES string of the molecule is COc1ccc(-c2sc3cc(OC)ccc3c2Oc2ccc(C=Cc3cc(C(F)(F)F)[nH]c(=O)n3)cc2)cc1. The molecule has 0 unspecified atom stereocenters. The third-order valence-electron chi connectivity index (χ3n) is 5.82. The Bertz CT molecular complexity index is 1710. The van der Waals surface area contributed by atoms with Gasteiger partial charge in [0, 0.05) is 10.1 Å². The Kier molecular flexibility index (Phi) is 7.12. The first-order valence-electron chi connectivity index (χ1n) is 11.6. The predicted molar refractivity (Wildman–Crippen MR) is 146 cm³/mol. The predicted octanol–water partition coefficient (Wildman–Crippen LogP) is 7.65. The summed E-state index contributed by atoms with van der Waals surface area (Å²) >= 11 is 1.58. The maximum absolute atomic E-state index is 13.0. The number of nitrogens with zero attached hydrogens (tertiary/aromatic N) is 1. The number of hydrogen-bond donors (Lipinski definition) is 1. The summed E-state index contributed by atoms with van der Waals surface area (Å²) in [6, 6.07) is 21.3. The van der Waals surface area contributed by atoms with E-state index in [0.29, 0.717) is 17.1 Å². The number of methoxy groups -OCH3 is 2. The maximum atomic E-state index is 13.0. The van der Waals surface area contributed by atoms with Crippen molar-refractivity contribution in [3.63, 3.8) is 0 Å². The standard InChI is InChI=1S/C29H21F3N2O4S/c1-36-20-11-6-18(7-12-20)27-26(23-14-13-22(37-2)16-24(23)39-27)38-21-9-4-17(5-10-21)3-8-19-15-25(29(30,31)32)34-28(35)33-19/h3-16H,1-2H3,(H,33,34,35). The molecular weight excluding hydrogens is 529 g/mol. The summed E-state index contributed by atoms with van der Waals surface area (Å²) in [6.45, 7) is 0. The Hall–Kier alpha value is -4.57. The first-order valence-corrected chi connectivity index (χ1v) is 12.4. The molecule has 0 bridgehead atoms. The van der Waals surface area contributed by atoms with E-state index in [4.69, 9.17) is 14.2 Å². The summed E-state index contributed by atoms with van der Waals surface area (Å²) in [5.74, 6) is 2.76. The van der Waals surface area contributed by atoms with Crippen LogP contribution in [0.15, 0.2) is 77.6 Å². The molecule has 2 heterocycles. The molecule has 10 heteroatoms. The van der Waals surface area contributed by atoms with Crippen molar-refractivity contribution >= 4 is 33.6 Å². The summed E-state index contributed by atoms with van der Waals surface area (Å²) in [4.78, 5) is 17.7. The lowest BCUT2D eigenvalue weighted by Gasteiger charge is -2.09. The van der Waals surface area contributed by atoms with Gasteiger partial charge in [0.05, 0.1) is 24.8 Å². The van der Waals surface area contributed by atoms with Crippen molar-refractivity contribution in [2.75, 3.05) is 14.2 Å². The average Bonchev–Trinajstić information content (AvgIpc) is 3.29.